The van der Waals surface area contributed by atoms with E-state index >= 15 is 0 Å². The molecule has 0 aromatic heterocycles. The molecule has 0 aliphatic rings. The van der Waals surface area contributed by atoms with Crippen molar-refractivity contribution in [1.82, 2.24) is 10.2 Å². The third-order valence-corrected chi connectivity index (χ3v) is 2.43. The Bertz CT molecular complexity index is 404. The molecule has 0 saturated carbocycles. The molecule has 1 N–H and O–H groups in total. The van der Waals surface area contributed by atoms with Crippen molar-refractivity contribution < 1.29 is 4.79 Å². The summed E-state index contributed by atoms with van der Waals surface area (Å²) in [7, 11) is 3.51. The molecule has 0 heterocycles. The molecule has 1 aromatic carbocycles. The Labute approximate surface area is 102 Å². The normalized spacial score (nSPS) is 9.71. The number of nitrogens with zero attached hydrogens (tertiary/aromatic N) is 2. The van der Waals surface area contributed by atoms with Crippen molar-refractivity contribution in [3.8, 4) is 6.07 Å². The number of hydrogen-bond donors (Lipinski definition) is 1. The highest BCUT2D eigenvalue weighted by atomic mass is 16.2. The van der Waals surface area contributed by atoms with E-state index in [9.17, 15) is 4.79 Å². The number of carbonyl (C=O) groups is 1. The van der Waals surface area contributed by atoms with Crippen LogP contribution in [0.2, 0.25) is 0 Å². The fourth-order valence-electron chi connectivity index (χ4n) is 1.35. The van der Waals surface area contributed by atoms with Crippen molar-refractivity contribution in [2.45, 2.75) is 13.0 Å². The number of amides is 1. The molecule has 1 rings (SSSR count). The predicted octanol–water partition coefficient (Wildman–Crippen LogP) is 1.13. The molecule has 1 amide bonds. The summed E-state index contributed by atoms with van der Waals surface area (Å²) in [6.07, 6.45) is 0.503. The molecule has 90 valence electrons. The Morgan fingerprint density at radius 1 is 1.35 bits per heavy atom. The van der Waals surface area contributed by atoms with Gasteiger partial charge in [-0.1, -0.05) is 12.1 Å². The van der Waals surface area contributed by atoms with Crippen LogP contribution < -0.4 is 5.32 Å². The summed E-state index contributed by atoms with van der Waals surface area (Å²) in [5.41, 5.74) is 1.78. The van der Waals surface area contributed by atoms with Gasteiger partial charge in [0.15, 0.2) is 0 Å². The van der Waals surface area contributed by atoms with Gasteiger partial charge in [-0.25, -0.2) is 0 Å². The summed E-state index contributed by atoms with van der Waals surface area (Å²) in [6, 6.07) is 9.50. The molecule has 1 aromatic rings. The first-order valence-electron chi connectivity index (χ1n) is 5.53. The first-order chi connectivity index (χ1) is 8.13. The fourth-order valence-corrected chi connectivity index (χ4v) is 1.35. The zero-order chi connectivity index (χ0) is 12.7. The van der Waals surface area contributed by atoms with E-state index in [1.165, 1.54) is 0 Å². The van der Waals surface area contributed by atoms with E-state index in [0.717, 1.165) is 5.56 Å². The zero-order valence-corrected chi connectivity index (χ0v) is 10.2. The first-order valence-corrected chi connectivity index (χ1v) is 5.53. The van der Waals surface area contributed by atoms with Gasteiger partial charge in [0.2, 0.25) is 5.91 Å². The van der Waals surface area contributed by atoms with Gasteiger partial charge < -0.3 is 10.2 Å². The summed E-state index contributed by atoms with van der Waals surface area (Å²) in [6.45, 7) is 1.38. The van der Waals surface area contributed by atoms with Crippen molar-refractivity contribution in [2.24, 2.45) is 0 Å². The summed E-state index contributed by atoms with van der Waals surface area (Å²) in [5.74, 6) is 0.123. The highest BCUT2D eigenvalue weighted by Crippen LogP contribution is 2.02. The topological polar surface area (TPSA) is 56.1 Å². The van der Waals surface area contributed by atoms with E-state index < -0.39 is 0 Å². The second kappa shape index (κ2) is 6.66. The van der Waals surface area contributed by atoms with Crippen molar-refractivity contribution in [2.75, 3.05) is 20.6 Å². The highest BCUT2D eigenvalue weighted by Gasteiger charge is 2.02. The smallest absolute Gasteiger partial charge is 0.223 e. The molecular formula is C13H17N3O. The summed E-state index contributed by atoms with van der Waals surface area (Å²) in [5, 5.41) is 11.8. The van der Waals surface area contributed by atoms with Crippen LogP contribution in [0.3, 0.4) is 0 Å². The van der Waals surface area contributed by atoms with E-state index in [1.807, 2.05) is 12.1 Å². The second-order valence-electron chi connectivity index (χ2n) is 4.02. The lowest BCUT2D eigenvalue weighted by Gasteiger charge is -2.10. The summed E-state index contributed by atoms with van der Waals surface area (Å²) >= 11 is 0. The number of hydrogen-bond acceptors (Lipinski definition) is 3. The Morgan fingerprint density at radius 2 is 2.00 bits per heavy atom. The number of rotatable bonds is 5. The lowest BCUT2D eigenvalue weighted by molar-refractivity contribution is -0.128. The zero-order valence-electron chi connectivity index (χ0n) is 10.2. The van der Waals surface area contributed by atoms with Crippen LogP contribution in [0, 0.1) is 11.3 Å². The maximum absolute atomic E-state index is 11.3. The maximum Gasteiger partial charge on any atom is 0.223 e. The van der Waals surface area contributed by atoms with Gasteiger partial charge in [-0.05, 0) is 17.7 Å². The Hall–Kier alpha value is -1.86. The third-order valence-electron chi connectivity index (χ3n) is 2.43. The second-order valence-corrected chi connectivity index (χ2v) is 4.02. The van der Waals surface area contributed by atoms with E-state index in [2.05, 4.69) is 11.4 Å². The van der Waals surface area contributed by atoms with Crippen LogP contribution in [0.15, 0.2) is 24.3 Å². The van der Waals surface area contributed by atoms with Gasteiger partial charge in [-0.3, -0.25) is 4.79 Å². The summed E-state index contributed by atoms with van der Waals surface area (Å²) < 4.78 is 0. The number of carbonyl (C=O) groups excluding carboxylic acids is 1. The van der Waals surface area contributed by atoms with Crippen molar-refractivity contribution >= 4 is 5.91 Å². The average molecular weight is 231 g/mol. The number of nitrogens with one attached hydrogen (secondary N) is 1. The highest BCUT2D eigenvalue weighted by molar-refractivity contribution is 5.75. The van der Waals surface area contributed by atoms with Gasteiger partial charge in [-0.15, -0.1) is 0 Å². The molecule has 4 nitrogen and oxygen atoms in total. The largest absolute Gasteiger partial charge is 0.349 e. The lowest BCUT2D eigenvalue weighted by Crippen LogP contribution is -2.26. The maximum atomic E-state index is 11.3. The van der Waals surface area contributed by atoms with Gasteiger partial charge >= 0.3 is 0 Å². The molecule has 0 aliphatic carbocycles. The molecule has 17 heavy (non-hydrogen) atoms. The molecule has 0 spiro atoms. The van der Waals surface area contributed by atoms with Gasteiger partial charge in [-0.2, -0.15) is 5.26 Å². The minimum atomic E-state index is 0.123. The van der Waals surface area contributed by atoms with Crippen LogP contribution in [-0.4, -0.2) is 31.4 Å². The Kier molecular flexibility index (Phi) is 5.18. The van der Waals surface area contributed by atoms with Crippen molar-refractivity contribution in [1.29, 1.82) is 5.26 Å². The molecule has 4 heteroatoms. The molecule has 0 unspecified atom stereocenters. The summed E-state index contributed by atoms with van der Waals surface area (Å²) in [4.78, 5) is 12.9. The Morgan fingerprint density at radius 3 is 2.53 bits per heavy atom. The minimum absolute atomic E-state index is 0.123. The van der Waals surface area contributed by atoms with E-state index in [-0.39, 0.29) is 5.91 Å². The average Bonchev–Trinajstić information content (AvgIpc) is 2.35. The van der Waals surface area contributed by atoms with Crippen LogP contribution in [0.25, 0.3) is 0 Å². The van der Waals surface area contributed by atoms with Gasteiger partial charge in [0.05, 0.1) is 11.6 Å². The predicted molar refractivity (Wildman–Crippen MR) is 66.2 cm³/mol. The molecule has 0 bridgehead atoms. The molecule has 0 saturated heterocycles. The first kappa shape index (κ1) is 13.2. The lowest BCUT2D eigenvalue weighted by atomic mass is 10.1. The standard InChI is InChI=1S/C13H17N3O/c1-16(2)13(17)7-8-15-10-12-5-3-11(9-14)4-6-12/h3-6,15H,7-8,10H2,1-2H3. The quantitative estimate of drug-likeness (QED) is 0.773. The number of benzene rings is 1. The SMILES string of the molecule is CN(C)C(=O)CCNCc1ccc(C#N)cc1. The molecule has 0 atom stereocenters. The van der Waals surface area contributed by atoms with Gasteiger partial charge in [0.1, 0.15) is 0 Å². The van der Waals surface area contributed by atoms with Crippen molar-refractivity contribution in [3.05, 3.63) is 35.4 Å². The van der Waals surface area contributed by atoms with E-state index in [4.69, 9.17) is 5.26 Å². The molecular weight excluding hydrogens is 214 g/mol. The van der Waals surface area contributed by atoms with Crippen LogP contribution in [-0.2, 0) is 11.3 Å². The van der Waals surface area contributed by atoms with Crippen LogP contribution in [0.5, 0.6) is 0 Å². The molecule has 0 radical (unpaired) electrons. The van der Waals surface area contributed by atoms with E-state index in [0.29, 0.717) is 25.1 Å². The van der Waals surface area contributed by atoms with E-state index in [1.54, 1.807) is 31.1 Å². The number of nitriles is 1. The fraction of sp³-hybridized carbons (Fsp3) is 0.385. The van der Waals surface area contributed by atoms with Crippen LogP contribution >= 0.6 is 0 Å². The van der Waals surface area contributed by atoms with Gasteiger partial charge in [0.25, 0.3) is 0 Å². The Balaban J connectivity index is 2.27. The van der Waals surface area contributed by atoms with Gasteiger partial charge in [0, 0.05) is 33.6 Å². The van der Waals surface area contributed by atoms with Crippen LogP contribution in [0.1, 0.15) is 17.5 Å². The molecule has 0 fully saturated rings. The minimum Gasteiger partial charge on any atom is -0.349 e. The third kappa shape index (κ3) is 4.66. The molecule has 0 aliphatic heterocycles. The van der Waals surface area contributed by atoms with Crippen LogP contribution in [0.4, 0.5) is 0 Å². The van der Waals surface area contributed by atoms with Crippen molar-refractivity contribution in [3.63, 3.8) is 0 Å². The monoisotopic (exact) mass is 231 g/mol.